The molecule has 0 aliphatic heterocycles. The molecule has 4 saturated carbocycles. The molecule has 6 heteroatoms. The van der Waals surface area contributed by atoms with Crippen molar-refractivity contribution < 1.29 is 9.90 Å². The second-order valence-electron chi connectivity index (χ2n) is 11.9. The van der Waals surface area contributed by atoms with Gasteiger partial charge in [-0.2, -0.15) is 5.10 Å². The highest BCUT2D eigenvalue weighted by molar-refractivity contribution is 5.83. The Kier molecular flexibility index (Phi) is 4.76. The third-order valence-corrected chi connectivity index (χ3v) is 10.2. The summed E-state index contributed by atoms with van der Waals surface area (Å²) in [7, 11) is 0. The Morgan fingerprint density at radius 2 is 1.84 bits per heavy atom. The Balaban J connectivity index is 1.20. The number of carbonyl (C=O) groups is 1. The van der Waals surface area contributed by atoms with Crippen LogP contribution >= 0.6 is 0 Å². The number of hydrogen-bond donors (Lipinski definition) is 1. The third kappa shape index (κ3) is 3.16. The molecular weight excluding hydrogens is 400 g/mol. The number of carbonyl (C=O) groups excluding carboxylic acids is 1. The van der Waals surface area contributed by atoms with Gasteiger partial charge in [-0.3, -0.25) is 4.79 Å². The van der Waals surface area contributed by atoms with Gasteiger partial charge in [0.05, 0.1) is 11.8 Å². The number of rotatable bonds is 3. The molecule has 0 unspecified atom stereocenters. The fourth-order valence-corrected chi connectivity index (χ4v) is 8.79. The Morgan fingerprint density at radius 1 is 1.03 bits per heavy atom. The summed E-state index contributed by atoms with van der Waals surface area (Å²) in [6, 6.07) is 0. The topological polar surface area (TPSA) is 80.9 Å². The van der Waals surface area contributed by atoms with Gasteiger partial charge in [-0.05, 0) is 99.7 Å². The first kappa shape index (κ1) is 20.8. The summed E-state index contributed by atoms with van der Waals surface area (Å²) < 4.78 is 1.74. The molecule has 4 aliphatic carbocycles. The van der Waals surface area contributed by atoms with E-state index in [2.05, 4.69) is 22.0 Å². The van der Waals surface area contributed by atoms with Gasteiger partial charge >= 0.3 is 0 Å². The van der Waals surface area contributed by atoms with E-state index in [1.165, 1.54) is 38.5 Å². The first-order valence-corrected chi connectivity index (χ1v) is 12.7. The largest absolute Gasteiger partial charge is 0.390 e. The van der Waals surface area contributed by atoms with Crippen molar-refractivity contribution in [1.29, 1.82) is 0 Å². The standard InChI is InChI=1S/C26H36N4O2/c1-25(32)9-7-17-16(13-25)3-4-19-18(17)8-10-26(2)20(19)5-6-21(26)23(31)15-30-24-22(14-29-30)27-11-12-28-24/h11-12,14,16-21,32H,3-10,13,15H2,1-2H3/t16-,17+,18-,19-,20+,21-,25-,26+/m1/s1. The number of hydrogen-bond acceptors (Lipinski definition) is 5. The Labute approximate surface area is 190 Å². The molecule has 2 heterocycles. The summed E-state index contributed by atoms with van der Waals surface area (Å²) in [6.07, 6.45) is 15.4. The highest BCUT2D eigenvalue weighted by atomic mass is 16.3. The van der Waals surface area contributed by atoms with Crippen LogP contribution in [0.15, 0.2) is 18.6 Å². The molecule has 4 fully saturated rings. The predicted molar refractivity (Wildman–Crippen MR) is 122 cm³/mol. The minimum Gasteiger partial charge on any atom is -0.390 e. The highest BCUT2D eigenvalue weighted by Crippen LogP contribution is 2.64. The summed E-state index contributed by atoms with van der Waals surface area (Å²) in [5.74, 6) is 4.21. The van der Waals surface area contributed by atoms with Crippen LogP contribution in [0.5, 0.6) is 0 Å². The molecule has 8 atom stereocenters. The van der Waals surface area contributed by atoms with Crippen LogP contribution in [0.4, 0.5) is 0 Å². The Morgan fingerprint density at radius 3 is 2.72 bits per heavy atom. The van der Waals surface area contributed by atoms with Crippen molar-refractivity contribution in [2.45, 2.75) is 83.8 Å². The van der Waals surface area contributed by atoms with E-state index in [1.54, 1.807) is 23.3 Å². The van der Waals surface area contributed by atoms with Crippen LogP contribution in [-0.4, -0.2) is 36.2 Å². The van der Waals surface area contributed by atoms with Gasteiger partial charge < -0.3 is 5.11 Å². The lowest BCUT2D eigenvalue weighted by atomic mass is 9.49. The second kappa shape index (κ2) is 7.34. The number of Topliss-reactive ketones (excluding diaryl/α,β-unsaturated/α-hetero) is 1. The van der Waals surface area contributed by atoms with E-state index in [9.17, 15) is 9.90 Å². The molecule has 0 bridgehead atoms. The molecule has 0 spiro atoms. The smallest absolute Gasteiger partial charge is 0.177 e. The van der Waals surface area contributed by atoms with E-state index >= 15 is 0 Å². The van der Waals surface area contributed by atoms with E-state index in [0.29, 0.717) is 29.8 Å². The fourth-order valence-electron chi connectivity index (χ4n) is 8.79. The maximum Gasteiger partial charge on any atom is 0.177 e. The van der Waals surface area contributed by atoms with Crippen molar-refractivity contribution in [3.8, 4) is 0 Å². The third-order valence-electron chi connectivity index (χ3n) is 10.2. The van der Waals surface area contributed by atoms with Crippen molar-refractivity contribution in [2.24, 2.45) is 40.9 Å². The van der Waals surface area contributed by atoms with Gasteiger partial charge in [0.2, 0.25) is 0 Å². The van der Waals surface area contributed by atoms with E-state index in [-0.39, 0.29) is 11.3 Å². The lowest BCUT2D eigenvalue weighted by Crippen LogP contribution is -2.51. The lowest BCUT2D eigenvalue weighted by molar-refractivity contribution is -0.133. The summed E-state index contributed by atoms with van der Waals surface area (Å²) in [6.45, 7) is 4.76. The van der Waals surface area contributed by atoms with Gasteiger partial charge in [0, 0.05) is 18.3 Å². The maximum absolute atomic E-state index is 13.5. The molecule has 6 rings (SSSR count). The molecule has 32 heavy (non-hydrogen) atoms. The van der Waals surface area contributed by atoms with Gasteiger partial charge in [0.25, 0.3) is 0 Å². The predicted octanol–water partition coefficient (Wildman–Crippen LogP) is 4.42. The summed E-state index contributed by atoms with van der Waals surface area (Å²) in [5, 5.41) is 15.0. The SMILES string of the molecule is C[C@@]1(O)CC[C@H]2[C@H](CC[C@@H]3[C@@H]2CC[C@]2(C)[C@@H](C(=O)Cn4ncc5nccnc54)CC[C@@H]32)C1. The second-order valence-corrected chi connectivity index (χ2v) is 11.9. The van der Waals surface area contributed by atoms with Crippen molar-refractivity contribution in [3.05, 3.63) is 18.6 Å². The zero-order chi connectivity index (χ0) is 22.1. The molecule has 2 aromatic heterocycles. The van der Waals surface area contributed by atoms with E-state index < -0.39 is 5.60 Å². The zero-order valence-corrected chi connectivity index (χ0v) is 19.4. The van der Waals surface area contributed by atoms with Crippen molar-refractivity contribution in [1.82, 2.24) is 19.7 Å². The van der Waals surface area contributed by atoms with Gasteiger partial charge in [0.1, 0.15) is 12.1 Å². The molecule has 1 N–H and O–H groups in total. The van der Waals surface area contributed by atoms with Crippen LogP contribution in [0.25, 0.3) is 11.2 Å². The quantitative estimate of drug-likeness (QED) is 0.771. The van der Waals surface area contributed by atoms with Gasteiger partial charge in [0.15, 0.2) is 11.4 Å². The van der Waals surface area contributed by atoms with Crippen LogP contribution in [-0.2, 0) is 11.3 Å². The number of nitrogens with zero attached hydrogens (tertiary/aromatic N) is 4. The Bertz CT molecular complexity index is 1030. The fraction of sp³-hybridized carbons (Fsp3) is 0.769. The number of fused-ring (bicyclic) bond motifs is 6. The average Bonchev–Trinajstić information content (AvgIpc) is 3.33. The highest BCUT2D eigenvalue weighted by Gasteiger charge is 2.58. The first-order chi connectivity index (χ1) is 15.4. The molecule has 0 amide bonds. The van der Waals surface area contributed by atoms with Gasteiger partial charge in [-0.25, -0.2) is 14.6 Å². The van der Waals surface area contributed by atoms with Crippen molar-refractivity contribution >= 4 is 16.9 Å². The van der Waals surface area contributed by atoms with Crippen LogP contribution < -0.4 is 0 Å². The van der Waals surface area contributed by atoms with Crippen molar-refractivity contribution in [2.75, 3.05) is 0 Å². The van der Waals surface area contributed by atoms with Crippen molar-refractivity contribution in [3.63, 3.8) is 0 Å². The molecule has 4 aliphatic rings. The summed E-state index contributed by atoms with van der Waals surface area (Å²) >= 11 is 0. The van der Waals surface area contributed by atoms with E-state index in [1.807, 2.05) is 6.92 Å². The first-order valence-electron chi connectivity index (χ1n) is 12.7. The number of aliphatic hydroxyl groups is 1. The van der Waals surface area contributed by atoms with Gasteiger partial charge in [-0.1, -0.05) is 6.92 Å². The molecule has 2 aromatic rings. The summed E-state index contributed by atoms with van der Waals surface area (Å²) in [4.78, 5) is 22.2. The normalized spacial score (nSPS) is 43.5. The monoisotopic (exact) mass is 436 g/mol. The molecule has 172 valence electrons. The van der Waals surface area contributed by atoms with Crippen LogP contribution in [0.3, 0.4) is 0 Å². The van der Waals surface area contributed by atoms with Gasteiger partial charge in [-0.15, -0.1) is 0 Å². The maximum atomic E-state index is 13.5. The van der Waals surface area contributed by atoms with Crippen LogP contribution in [0, 0.1) is 40.9 Å². The minimum absolute atomic E-state index is 0.125. The summed E-state index contributed by atoms with van der Waals surface area (Å²) in [5.41, 5.74) is 1.12. The Hall–Kier alpha value is -1.82. The number of ketones is 1. The molecule has 6 nitrogen and oxygen atoms in total. The number of aromatic nitrogens is 4. The van der Waals surface area contributed by atoms with Crippen LogP contribution in [0.2, 0.25) is 0 Å². The average molecular weight is 437 g/mol. The van der Waals surface area contributed by atoms with E-state index in [0.717, 1.165) is 42.5 Å². The molecular formula is C26H36N4O2. The van der Waals surface area contributed by atoms with E-state index in [4.69, 9.17) is 0 Å². The molecule has 0 radical (unpaired) electrons. The molecule has 0 aromatic carbocycles. The minimum atomic E-state index is -0.455. The molecule has 0 saturated heterocycles. The van der Waals surface area contributed by atoms with Crippen LogP contribution in [0.1, 0.15) is 71.6 Å². The lowest BCUT2D eigenvalue weighted by Gasteiger charge is -2.56. The zero-order valence-electron chi connectivity index (χ0n) is 19.4.